The molecule has 0 heterocycles. The van der Waals surface area contributed by atoms with Crippen molar-refractivity contribution < 1.29 is 9.63 Å². The van der Waals surface area contributed by atoms with Crippen LogP contribution < -0.4 is 5.32 Å². The van der Waals surface area contributed by atoms with Crippen molar-refractivity contribution in [1.29, 1.82) is 0 Å². The first-order valence-corrected chi connectivity index (χ1v) is 9.30. The molecule has 1 aliphatic carbocycles. The van der Waals surface area contributed by atoms with Crippen LogP contribution in [0.15, 0.2) is 64.2 Å². The highest BCUT2D eigenvalue weighted by Crippen LogP contribution is 2.36. The molecule has 3 aromatic rings. The number of hydrogen-bond acceptors (Lipinski definition) is 3. The number of hydrogen-bond donors (Lipinski definition) is 1. The Morgan fingerprint density at radius 2 is 1.88 bits per heavy atom. The second kappa shape index (κ2) is 7.09. The SMILES string of the molecule is O=C(Nc1ccc(Cl)cc1)O/N=C1\CCc2c1cc1ccccc1c2Br. The van der Waals surface area contributed by atoms with Crippen LogP contribution in [0.25, 0.3) is 10.8 Å². The van der Waals surface area contributed by atoms with Crippen molar-refractivity contribution >= 4 is 55.8 Å². The third kappa shape index (κ3) is 3.32. The van der Waals surface area contributed by atoms with Crippen LogP contribution in [0.4, 0.5) is 10.5 Å². The van der Waals surface area contributed by atoms with Crippen LogP contribution >= 0.6 is 27.5 Å². The van der Waals surface area contributed by atoms with Crippen LogP contribution in [0.1, 0.15) is 17.5 Å². The Kier molecular flexibility index (Phi) is 4.66. The van der Waals surface area contributed by atoms with Gasteiger partial charge in [0.25, 0.3) is 0 Å². The molecule has 1 aliphatic rings. The Morgan fingerprint density at radius 3 is 2.69 bits per heavy atom. The maximum Gasteiger partial charge on any atom is 0.437 e. The van der Waals surface area contributed by atoms with Crippen LogP contribution in [0, 0.1) is 0 Å². The molecule has 0 spiro atoms. The highest BCUT2D eigenvalue weighted by molar-refractivity contribution is 9.10. The lowest BCUT2D eigenvalue weighted by atomic mass is 10.0. The summed E-state index contributed by atoms with van der Waals surface area (Å²) in [5.41, 5.74) is 3.59. The van der Waals surface area contributed by atoms with Crippen molar-refractivity contribution in [3.8, 4) is 0 Å². The summed E-state index contributed by atoms with van der Waals surface area (Å²) in [5.74, 6) is 0. The zero-order chi connectivity index (χ0) is 18.1. The van der Waals surface area contributed by atoms with E-state index in [-0.39, 0.29) is 0 Å². The Labute approximate surface area is 163 Å². The van der Waals surface area contributed by atoms with E-state index < -0.39 is 6.09 Å². The van der Waals surface area contributed by atoms with Crippen molar-refractivity contribution in [3.63, 3.8) is 0 Å². The maximum absolute atomic E-state index is 12.0. The lowest BCUT2D eigenvalue weighted by Crippen LogP contribution is -2.12. The first-order chi connectivity index (χ1) is 12.6. The third-order valence-corrected chi connectivity index (χ3v) is 5.50. The van der Waals surface area contributed by atoms with E-state index in [2.05, 4.69) is 44.6 Å². The Bertz CT molecular complexity index is 1030. The van der Waals surface area contributed by atoms with Gasteiger partial charge in [-0.05, 0) is 75.4 Å². The number of rotatable bonds is 2. The molecule has 1 amide bonds. The standard InChI is InChI=1S/C20H14BrClN2O2/c21-19-15-4-2-1-3-12(15)11-17-16(19)9-10-18(17)24-26-20(25)23-14-7-5-13(22)6-8-14/h1-8,11H,9-10H2,(H,23,25)/b24-18+. The molecule has 0 aromatic heterocycles. The predicted octanol–water partition coefficient (Wildman–Crippen LogP) is 6.15. The number of halogens is 2. The van der Waals surface area contributed by atoms with E-state index in [0.29, 0.717) is 10.7 Å². The zero-order valence-electron chi connectivity index (χ0n) is 13.6. The topological polar surface area (TPSA) is 50.7 Å². The van der Waals surface area contributed by atoms with E-state index in [1.165, 1.54) is 10.9 Å². The van der Waals surface area contributed by atoms with Crippen LogP contribution in [-0.2, 0) is 11.3 Å². The quantitative estimate of drug-likeness (QED) is 0.392. The van der Waals surface area contributed by atoms with Crippen molar-refractivity contribution in [3.05, 3.63) is 75.2 Å². The molecule has 0 radical (unpaired) electrons. The summed E-state index contributed by atoms with van der Waals surface area (Å²) in [6.45, 7) is 0. The summed E-state index contributed by atoms with van der Waals surface area (Å²) in [6.07, 6.45) is 0.966. The summed E-state index contributed by atoms with van der Waals surface area (Å²) in [4.78, 5) is 17.0. The van der Waals surface area contributed by atoms with E-state index >= 15 is 0 Å². The summed E-state index contributed by atoms with van der Waals surface area (Å²) in [6, 6.07) is 17.1. The number of benzene rings is 3. The molecule has 26 heavy (non-hydrogen) atoms. The number of fused-ring (bicyclic) bond motifs is 2. The smallest absolute Gasteiger partial charge is 0.297 e. The first kappa shape index (κ1) is 17.1. The van der Waals surface area contributed by atoms with Gasteiger partial charge in [-0.25, -0.2) is 4.79 Å². The van der Waals surface area contributed by atoms with Gasteiger partial charge in [0, 0.05) is 20.7 Å². The van der Waals surface area contributed by atoms with E-state index in [1.54, 1.807) is 24.3 Å². The van der Waals surface area contributed by atoms with Gasteiger partial charge in [0.1, 0.15) is 0 Å². The van der Waals surface area contributed by atoms with Gasteiger partial charge in [-0.3, -0.25) is 10.2 Å². The largest absolute Gasteiger partial charge is 0.437 e. The molecule has 6 heteroatoms. The van der Waals surface area contributed by atoms with Crippen molar-refractivity contribution in [1.82, 2.24) is 0 Å². The summed E-state index contributed by atoms with van der Waals surface area (Å²) in [7, 11) is 0. The number of anilines is 1. The monoisotopic (exact) mass is 428 g/mol. The minimum atomic E-state index is -0.631. The molecular formula is C20H14BrClN2O2. The maximum atomic E-state index is 12.0. The minimum absolute atomic E-state index is 0.597. The summed E-state index contributed by atoms with van der Waals surface area (Å²) < 4.78 is 1.08. The van der Waals surface area contributed by atoms with Crippen molar-refractivity contribution in [2.75, 3.05) is 5.32 Å². The molecule has 3 aromatic carbocycles. The average Bonchev–Trinajstić information content (AvgIpc) is 3.05. The van der Waals surface area contributed by atoms with Crippen molar-refractivity contribution in [2.24, 2.45) is 5.16 Å². The molecule has 0 fully saturated rings. The molecule has 0 saturated heterocycles. The third-order valence-electron chi connectivity index (χ3n) is 4.34. The van der Waals surface area contributed by atoms with Crippen LogP contribution in [0.5, 0.6) is 0 Å². The Morgan fingerprint density at radius 1 is 1.12 bits per heavy atom. The molecule has 0 atom stereocenters. The summed E-state index contributed by atoms with van der Waals surface area (Å²) in [5, 5.41) is 9.61. The van der Waals surface area contributed by atoms with Gasteiger partial charge < -0.3 is 0 Å². The number of oxime groups is 1. The fraction of sp³-hybridized carbons (Fsp3) is 0.100. The van der Waals surface area contributed by atoms with Crippen LogP contribution in [0.3, 0.4) is 0 Å². The molecule has 4 nitrogen and oxygen atoms in total. The first-order valence-electron chi connectivity index (χ1n) is 8.13. The zero-order valence-corrected chi connectivity index (χ0v) is 16.0. The van der Waals surface area contributed by atoms with Gasteiger partial charge in [-0.15, -0.1) is 0 Å². The van der Waals surface area contributed by atoms with Gasteiger partial charge in [-0.1, -0.05) is 41.0 Å². The van der Waals surface area contributed by atoms with Crippen molar-refractivity contribution in [2.45, 2.75) is 12.8 Å². The Hall–Kier alpha value is -2.37. The second-order valence-corrected chi connectivity index (χ2v) is 7.22. The molecule has 4 rings (SSSR count). The molecule has 0 aliphatic heterocycles. The fourth-order valence-corrected chi connectivity index (χ4v) is 3.99. The average molecular weight is 430 g/mol. The molecule has 130 valence electrons. The van der Waals surface area contributed by atoms with E-state index in [0.717, 1.165) is 34.0 Å². The lowest BCUT2D eigenvalue weighted by molar-refractivity contribution is 0.166. The van der Waals surface area contributed by atoms with Gasteiger partial charge >= 0.3 is 6.09 Å². The number of carbonyl (C=O) groups is 1. The number of carbonyl (C=O) groups excluding carboxylic acids is 1. The minimum Gasteiger partial charge on any atom is -0.297 e. The van der Waals surface area contributed by atoms with Gasteiger partial charge in [0.15, 0.2) is 0 Å². The van der Waals surface area contributed by atoms with E-state index in [9.17, 15) is 4.79 Å². The Balaban J connectivity index is 1.55. The van der Waals surface area contributed by atoms with Gasteiger partial charge in [-0.2, -0.15) is 0 Å². The normalized spacial score (nSPS) is 14.5. The van der Waals surface area contributed by atoms with Crippen LogP contribution in [-0.4, -0.2) is 11.8 Å². The molecule has 1 N–H and O–H groups in total. The molecule has 0 unspecified atom stereocenters. The van der Waals surface area contributed by atoms with E-state index in [1.807, 2.05) is 12.1 Å². The highest BCUT2D eigenvalue weighted by atomic mass is 79.9. The van der Waals surface area contributed by atoms with Gasteiger partial charge in [0.05, 0.1) is 5.71 Å². The fourth-order valence-electron chi connectivity index (χ4n) is 3.09. The molecule has 0 bridgehead atoms. The van der Waals surface area contributed by atoms with Crippen LogP contribution in [0.2, 0.25) is 5.02 Å². The number of nitrogens with zero attached hydrogens (tertiary/aromatic N) is 1. The predicted molar refractivity (Wildman–Crippen MR) is 108 cm³/mol. The van der Waals surface area contributed by atoms with E-state index in [4.69, 9.17) is 16.4 Å². The number of nitrogens with one attached hydrogen (secondary N) is 1. The highest BCUT2D eigenvalue weighted by Gasteiger charge is 2.23. The summed E-state index contributed by atoms with van der Waals surface area (Å²) >= 11 is 9.53. The van der Waals surface area contributed by atoms with Gasteiger partial charge in [0.2, 0.25) is 0 Å². The molecular weight excluding hydrogens is 416 g/mol. The lowest BCUT2D eigenvalue weighted by Gasteiger charge is -2.08. The second-order valence-electron chi connectivity index (χ2n) is 5.99. The number of amides is 1. The molecule has 0 saturated carbocycles.